The normalized spacial score (nSPS) is 23.7. The number of H-pyrrole nitrogens is 1. The van der Waals surface area contributed by atoms with E-state index in [9.17, 15) is 0 Å². The summed E-state index contributed by atoms with van der Waals surface area (Å²) in [5.74, 6) is 0. The number of nitrogens with one attached hydrogen (secondary N) is 1. The number of aromatic amines is 1. The maximum Gasteiger partial charge on any atom is 0.107 e. The number of hydrogen-bond donors (Lipinski definition) is 1. The maximum absolute atomic E-state index is 4.42. The molecule has 2 aromatic heterocycles. The SMILES string of the molecule is Cc1[nH]ncc1CN1CCC2(CC1)C[C@H]2N(C)Cc1nccs1. The molecule has 3 heterocycles. The van der Waals surface area contributed by atoms with Gasteiger partial charge in [-0.2, -0.15) is 5.10 Å². The van der Waals surface area contributed by atoms with Gasteiger partial charge in [-0.1, -0.05) is 0 Å². The van der Waals surface area contributed by atoms with E-state index in [4.69, 9.17) is 0 Å². The molecule has 2 aliphatic rings. The van der Waals surface area contributed by atoms with E-state index in [1.54, 1.807) is 11.3 Å². The molecule has 0 unspecified atom stereocenters. The smallest absolute Gasteiger partial charge is 0.107 e. The van der Waals surface area contributed by atoms with Crippen molar-refractivity contribution in [1.82, 2.24) is 25.0 Å². The van der Waals surface area contributed by atoms with E-state index in [1.165, 1.54) is 48.6 Å². The molecule has 5 nitrogen and oxygen atoms in total. The molecule has 0 bridgehead atoms. The zero-order valence-electron chi connectivity index (χ0n) is 14.0. The molecule has 1 N–H and O–H groups in total. The Balaban J connectivity index is 1.29. The number of nitrogens with zero attached hydrogens (tertiary/aromatic N) is 4. The summed E-state index contributed by atoms with van der Waals surface area (Å²) >= 11 is 1.77. The number of piperidine rings is 1. The lowest BCUT2D eigenvalue weighted by Gasteiger charge is -2.34. The molecule has 0 aromatic carbocycles. The van der Waals surface area contributed by atoms with Crippen molar-refractivity contribution in [2.45, 2.75) is 45.3 Å². The lowest BCUT2D eigenvalue weighted by molar-refractivity contribution is 0.139. The highest BCUT2D eigenvalue weighted by atomic mass is 32.1. The van der Waals surface area contributed by atoms with Crippen LogP contribution in [0.25, 0.3) is 0 Å². The molecule has 1 spiro atoms. The first-order chi connectivity index (χ1) is 11.2. The second kappa shape index (κ2) is 6.00. The predicted molar refractivity (Wildman–Crippen MR) is 92.3 cm³/mol. The zero-order chi connectivity index (χ0) is 15.9. The molecule has 6 heteroatoms. The van der Waals surface area contributed by atoms with E-state index in [1.807, 2.05) is 12.4 Å². The zero-order valence-corrected chi connectivity index (χ0v) is 14.8. The summed E-state index contributed by atoms with van der Waals surface area (Å²) in [6, 6.07) is 0.754. The van der Waals surface area contributed by atoms with Gasteiger partial charge < -0.3 is 0 Å². The van der Waals surface area contributed by atoms with E-state index in [0.29, 0.717) is 5.41 Å². The second-order valence-electron chi connectivity index (χ2n) is 7.22. The van der Waals surface area contributed by atoms with Crippen LogP contribution < -0.4 is 0 Å². The highest BCUT2D eigenvalue weighted by molar-refractivity contribution is 7.09. The summed E-state index contributed by atoms with van der Waals surface area (Å²) in [7, 11) is 2.27. The topological polar surface area (TPSA) is 48.1 Å². The lowest BCUT2D eigenvalue weighted by Crippen LogP contribution is -2.37. The van der Waals surface area contributed by atoms with E-state index < -0.39 is 0 Å². The molecule has 2 aromatic rings. The van der Waals surface area contributed by atoms with Gasteiger partial charge in [0.2, 0.25) is 0 Å². The monoisotopic (exact) mass is 331 g/mol. The highest BCUT2D eigenvalue weighted by Crippen LogP contribution is 2.56. The van der Waals surface area contributed by atoms with Crippen LogP contribution in [0.15, 0.2) is 17.8 Å². The Labute approximate surface area is 141 Å². The molecule has 0 amide bonds. The van der Waals surface area contributed by atoms with Crippen LogP contribution in [0.3, 0.4) is 0 Å². The van der Waals surface area contributed by atoms with Gasteiger partial charge in [0.1, 0.15) is 5.01 Å². The van der Waals surface area contributed by atoms with Crippen molar-refractivity contribution < 1.29 is 0 Å². The highest BCUT2D eigenvalue weighted by Gasteiger charge is 2.56. The molecular formula is C17H25N5S. The first kappa shape index (κ1) is 15.3. The van der Waals surface area contributed by atoms with E-state index in [-0.39, 0.29) is 0 Å². The minimum Gasteiger partial charge on any atom is -0.299 e. The van der Waals surface area contributed by atoms with Crippen LogP contribution in [0.2, 0.25) is 0 Å². The fraction of sp³-hybridized carbons (Fsp3) is 0.647. The standard InChI is InChI=1S/C17H25N5S/c1-13-14(10-19-20-13)11-22-6-3-17(4-7-22)9-15(17)21(2)12-16-18-5-8-23-16/h5,8,10,15H,3-4,6-7,9,11-12H2,1-2H3,(H,19,20)/t15-/m1/s1. The molecule has 124 valence electrons. The molecule has 1 aliphatic carbocycles. The van der Waals surface area contributed by atoms with Crippen LogP contribution >= 0.6 is 11.3 Å². The Bertz CT molecular complexity index is 642. The quantitative estimate of drug-likeness (QED) is 0.915. The minimum atomic E-state index is 0.577. The molecular weight excluding hydrogens is 306 g/mol. The number of aryl methyl sites for hydroxylation is 1. The number of thiazole rings is 1. The summed E-state index contributed by atoms with van der Waals surface area (Å²) in [5, 5.41) is 10.5. The Morgan fingerprint density at radius 3 is 2.91 bits per heavy atom. The lowest BCUT2D eigenvalue weighted by atomic mass is 9.92. The summed E-state index contributed by atoms with van der Waals surface area (Å²) < 4.78 is 0. The predicted octanol–water partition coefficient (Wildman–Crippen LogP) is 2.66. The van der Waals surface area contributed by atoms with Gasteiger partial charge in [-0.05, 0) is 51.7 Å². The van der Waals surface area contributed by atoms with Crippen molar-refractivity contribution in [1.29, 1.82) is 0 Å². The molecule has 1 saturated heterocycles. The average Bonchev–Trinajstić information content (AvgIpc) is 2.88. The van der Waals surface area contributed by atoms with Gasteiger partial charge in [-0.25, -0.2) is 4.98 Å². The van der Waals surface area contributed by atoms with Gasteiger partial charge in [0, 0.05) is 35.4 Å². The average molecular weight is 331 g/mol. The van der Waals surface area contributed by atoms with Gasteiger partial charge in [-0.15, -0.1) is 11.3 Å². The van der Waals surface area contributed by atoms with E-state index in [0.717, 1.165) is 19.1 Å². The number of hydrogen-bond acceptors (Lipinski definition) is 5. The summed E-state index contributed by atoms with van der Waals surface area (Å²) in [6.45, 7) is 6.58. The first-order valence-corrected chi connectivity index (χ1v) is 9.34. The van der Waals surface area contributed by atoms with Gasteiger partial charge >= 0.3 is 0 Å². The van der Waals surface area contributed by atoms with Crippen LogP contribution in [0.4, 0.5) is 0 Å². The van der Waals surface area contributed by atoms with E-state index >= 15 is 0 Å². The van der Waals surface area contributed by atoms with Crippen LogP contribution in [-0.4, -0.2) is 51.2 Å². The third-order valence-corrected chi connectivity index (χ3v) is 6.49. The molecule has 1 aliphatic heterocycles. The Morgan fingerprint density at radius 1 is 1.43 bits per heavy atom. The van der Waals surface area contributed by atoms with Crippen LogP contribution in [0, 0.1) is 12.3 Å². The summed E-state index contributed by atoms with van der Waals surface area (Å²) in [6.07, 6.45) is 7.91. The largest absolute Gasteiger partial charge is 0.299 e. The van der Waals surface area contributed by atoms with Crippen molar-refractivity contribution in [2.75, 3.05) is 20.1 Å². The summed E-state index contributed by atoms with van der Waals surface area (Å²) in [5.41, 5.74) is 3.13. The van der Waals surface area contributed by atoms with Gasteiger partial charge in [0.25, 0.3) is 0 Å². The third-order valence-electron chi connectivity index (χ3n) is 5.73. The van der Waals surface area contributed by atoms with Gasteiger partial charge in [0.15, 0.2) is 0 Å². The van der Waals surface area contributed by atoms with Gasteiger partial charge in [0.05, 0.1) is 12.7 Å². The number of likely N-dealkylation sites (tertiary alicyclic amines) is 1. The maximum atomic E-state index is 4.42. The second-order valence-corrected chi connectivity index (χ2v) is 8.20. The number of rotatable bonds is 5. The molecule has 23 heavy (non-hydrogen) atoms. The van der Waals surface area contributed by atoms with Crippen molar-refractivity contribution in [2.24, 2.45) is 5.41 Å². The van der Waals surface area contributed by atoms with E-state index in [2.05, 4.69) is 44.3 Å². The van der Waals surface area contributed by atoms with Gasteiger partial charge in [-0.3, -0.25) is 14.9 Å². The number of aromatic nitrogens is 3. The van der Waals surface area contributed by atoms with Crippen molar-refractivity contribution in [3.8, 4) is 0 Å². The fourth-order valence-corrected chi connectivity index (χ4v) is 4.75. The molecule has 2 fully saturated rings. The van der Waals surface area contributed by atoms with Crippen molar-refractivity contribution >= 4 is 11.3 Å². The molecule has 0 radical (unpaired) electrons. The van der Waals surface area contributed by atoms with Crippen LogP contribution in [0.1, 0.15) is 35.5 Å². The third kappa shape index (κ3) is 3.07. The summed E-state index contributed by atoms with van der Waals surface area (Å²) in [4.78, 5) is 9.53. The minimum absolute atomic E-state index is 0.577. The van der Waals surface area contributed by atoms with Crippen molar-refractivity contribution in [3.05, 3.63) is 34.0 Å². The Kier molecular flexibility index (Phi) is 3.99. The molecule has 1 atom stereocenters. The molecule has 1 saturated carbocycles. The first-order valence-electron chi connectivity index (χ1n) is 8.46. The Morgan fingerprint density at radius 2 is 2.26 bits per heavy atom. The van der Waals surface area contributed by atoms with Crippen LogP contribution in [0.5, 0.6) is 0 Å². The Hall–Kier alpha value is -1.24. The van der Waals surface area contributed by atoms with Crippen LogP contribution in [-0.2, 0) is 13.1 Å². The molecule has 4 rings (SSSR count). The van der Waals surface area contributed by atoms with Crippen molar-refractivity contribution in [3.63, 3.8) is 0 Å². The fourth-order valence-electron chi connectivity index (χ4n) is 4.07.